The Kier molecular flexibility index (Phi) is 6.30. The van der Waals surface area contributed by atoms with Crippen LogP contribution in [-0.4, -0.2) is 46.3 Å². The fourth-order valence-electron chi connectivity index (χ4n) is 3.76. The highest BCUT2D eigenvalue weighted by Crippen LogP contribution is 2.27. The van der Waals surface area contributed by atoms with Gasteiger partial charge in [-0.05, 0) is 38.2 Å². The van der Waals surface area contributed by atoms with Crippen molar-refractivity contribution in [1.82, 2.24) is 15.5 Å². The summed E-state index contributed by atoms with van der Waals surface area (Å²) in [6, 6.07) is 3.32. The Morgan fingerprint density at radius 2 is 1.72 bits per heavy atom. The zero-order valence-electron chi connectivity index (χ0n) is 17.5. The number of imide groups is 1. The molecule has 0 fully saturated rings. The van der Waals surface area contributed by atoms with Gasteiger partial charge in [-0.2, -0.15) is 0 Å². The molecule has 9 nitrogen and oxygen atoms in total. The maximum absolute atomic E-state index is 12.4. The molecule has 0 bridgehead atoms. The average molecular weight is 404 g/mol. The SMILES string of the molecule is CC(C)(C)CC(C)(C)NC(=O)NCCCN1C(=O)c2ccc([N+](=O)[O-])cc2C1=O. The van der Waals surface area contributed by atoms with Gasteiger partial charge in [0.1, 0.15) is 0 Å². The predicted molar refractivity (Wildman–Crippen MR) is 108 cm³/mol. The Hall–Kier alpha value is -2.97. The fourth-order valence-corrected chi connectivity index (χ4v) is 3.76. The van der Waals surface area contributed by atoms with E-state index in [1.165, 1.54) is 12.1 Å². The summed E-state index contributed by atoms with van der Waals surface area (Å²) in [6.07, 6.45) is 1.18. The van der Waals surface area contributed by atoms with Gasteiger partial charge in [-0.1, -0.05) is 20.8 Å². The first-order valence-electron chi connectivity index (χ1n) is 9.51. The molecular formula is C20H28N4O5. The Morgan fingerprint density at radius 1 is 1.10 bits per heavy atom. The van der Waals surface area contributed by atoms with Crippen molar-refractivity contribution in [1.29, 1.82) is 0 Å². The number of hydrogen-bond donors (Lipinski definition) is 2. The minimum absolute atomic E-state index is 0.0406. The minimum Gasteiger partial charge on any atom is -0.338 e. The highest BCUT2D eigenvalue weighted by atomic mass is 16.6. The number of fused-ring (bicyclic) bond motifs is 1. The maximum Gasteiger partial charge on any atom is 0.315 e. The molecule has 0 aliphatic carbocycles. The zero-order chi connectivity index (χ0) is 22.0. The molecule has 0 atom stereocenters. The lowest BCUT2D eigenvalue weighted by Crippen LogP contribution is -2.50. The number of nitro groups is 1. The van der Waals surface area contributed by atoms with E-state index in [1.807, 2.05) is 13.8 Å². The van der Waals surface area contributed by atoms with Crippen molar-refractivity contribution >= 4 is 23.5 Å². The molecule has 0 unspecified atom stereocenters. The quantitative estimate of drug-likeness (QED) is 0.313. The van der Waals surface area contributed by atoms with Crippen molar-refractivity contribution < 1.29 is 19.3 Å². The zero-order valence-corrected chi connectivity index (χ0v) is 17.5. The van der Waals surface area contributed by atoms with Crippen LogP contribution in [0.3, 0.4) is 0 Å². The molecular weight excluding hydrogens is 376 g/mol. The van der Waals surface area contributed by atoms with E-state index in [-0.39, 0.29) is 46.9 Å². The predicted octanol–water partition coefficient (Wildman–Crippen LogP) is 3.09. The summed E-state index contributed by atoms with van der Waals surface area (Å²) in [5.74, 6) is -1.03. The summed E-state index contributed by atoms with van der Waals surface area (Å²) >= 11 is 0. The molecule has 1 aliphatic heterocycles. The van der Waals surface area contributed by atoms with Gasteiger partial charge >= 0.3 is 6.03 Å². The van der Waals surface area contributed by atoms with Crippen LogP contribution < -0.4 is 10.6 Å². The molecule has 2 rings (SSSR count). The second-order valence-corrected chi connectivity index (χ2v) is 9.10. The average Bonchev–Trinajstić information content (AvgIpc) is 2.80. The standard InChI is InChI=1S/C20H28N4O5/c1-19(2,3)12-20(4,5)22-18(27)21-9-6-10-23-16(25)14-8-7-13(24(28)29)11-15(14)17(23)26/h7-8,11H,6,9-10,12H2,1-5H3,(H2,21,22,27). The highest BCUT2D eigenvalue weighted by molar-refractivity contribution is 6.21. The summed E-state index contributed by atoms with van der Waals surface area (Å²) in [7, 11) is 0. The summed E-state index contributed by atoms with van der Waals surface area (Å²) < 4.78 is 0. The van der Waals surface area contributed by atoms with Crippen LogP contribution in [0.5, 0.6) is 0 Å². The topological polar surface area (TPSA) is 122 Å². The van der Waals surface area contributed by atoms with Gasteiger partial charge in [0, 0.05) is 30.8 Å². The fraction of sp³-hybridized carbons (Fsp3) is 0.550. The number of amides is 4. The van der Waals surface area contributed by atoms with E-state index in [2.05, 4.69) is 31.4 Å². The first-order chi connectivity index (χ1) is 13.3. The minimum atomic E-state index is -0.607. The first-order valence-corrected chi connectivity index (χ1v) is 9.51. The largest absolute Gasteiger partial charge is 0.338 e. The summed E-state index contributed by atoms with van der Waals surface area (Å²) in [4.78, 5) is 48.2. The molecule has 2 N–H and O–H groups in total. The van der Waals surface area contributed by atoms with E-state index >= 15 is 0 Å². The van der Waals surface area contributed by atoms with Crippen LogP contribution in [0, 0.1) is 15.5 Å². The third-order valence-electron chi connectivity index (χ3n) is 4.43. The van der Waals surface area contributed by atoms with E-state index in [1.54, 1.807) is 0 Å². The summed E-state index contributed by atoms with van der Waals surface area (Å²) in [5, 5.41) is 16.5. The molecule has 1 aliphatic rings. The highest BCUT2D eigenvalue weighted by Gasteiger charge is 2.36. The number of non-ortho nitro benzene ring substituents is 1. The lowest BCUT2D eigenvalue weighted by atomic mass is 9.82. The molecule has 0 radical (unpaired) electrons. The first kappa shape index (κ1) is 22.3. The van der Waals surface area contributed by atoms with Crippen LogP contribution >= 0.6 is 0 Å². The van der Waals surface area contributed by atoms with E-state index in [0.717, 1.165) is 17.4 Å². The maximum atomic E-state index is 12.4. The molecule has 0 aromatic heterocycles. The molecule has 0 saturated heterocycles. The number of nitrogens with zero attached hydrogens (tertiary/aromatic N) is 2. The van der Waals surface area contributed by atoms with Crippen LogP contribution in [0.2, 0.25) is 0 Å². The monoisotopic (exact) mass is 404 g/mol. The van der Waals surface area contributed by atoms with Crippen LogP contribution in [0.4, 0.5) is 10.5 Å². The molecule has 29 heavy (non-hydrogen) atoms. The van der Waals surface area contributed by atoms with Crippen molar-refractivity contribution in [2.45, 2.75) is 53.0 Å². The Labute approximate surface area is 170 Å². The summed E-state index contributed by atoms with van der Waals surface area (Å²) in [6.45, 7) is 10.6. The lowest BCUT2D eigenvalue weighted by molar-refractivity contribution is -0.384. The number of nitro benzene ring substituents is 1. The second kappa shape index (κ2) is 8.18. The third kappa shape index (κ3) is 5.75. The Balaban J connectivity index is 1.85. The smallest absolute Gasteiger partial charge is 0.315 e. The van der Waals surface area contributed by atoms with Crippen LogP contribution in [0.1, 0.15) is 68.2 Å². The van der Waals surface area contributed by atoms with Crippen molar-refractivity contribution in [2.24, 2.45) is 5.41 Å². The number of hydrogen-bond acceptors (Lipinski definition) is 5. The van der Waals surface area contributed by atoms with Crippen LogP contribution in [0.15, 0.2) is 18.2 Å². The second-order valence-electron chi connectivity index (χ2n) is 9.10. The van der Waals surface area contributed by atoms with E-state index in [0.29, 0.717) is 6.42 Å². The number of rotatable bonds is 7. The van der Waals surface area contributed by atoms with Crippen molar-refractivity contribution in [3.63, 3.8) is 0 Å². The number of carbonyl (C=O) groups excluding carboxylic acids is 3. The number of benzene rings is 1. The lowest BCUT2D eigenvalue weighted by Gasteiger charge is -2.33. The molecule has 9 heteroatoms. The molecule has 4 amide bonds. The van der Waals surface area contributed by atoms with Gasteiger partial charge in [-0.3, -0.25) is 24.6 Å². The Bertz CT molecular complexity index is 842. The van der Waals surface area contributed by atoms with E-state index in [9.17, 15) is 24.5 Å². The van der Waals surface area contributed by atoms with Gasteiger partial charge in [-0.25, -0.2) is 4.79 Å². The number of urea groups is 1. The molecule has 1 aromatic rings. The molecule has 0 spiro atoms. The van der Waals surface area contributed by atoms with Gasteiger partial charge < -0.3 is 10.6 Å². The summed E-state index contributed by atoms with van der Waals surface area (Å²) in [5.41, 5.74) is -0.339. The van der Waals surface area contributed by atoms with Gasteiger partial charge in [0.2, 0.25) is 0 Å². The van der Waals surface area contributed by atoms with Gasteiger partial charge in [0.05, 0.1) is 16.1 Å². The molecule has 0 saturated carbocycles. The van der Waals surface area contributed by atoms with Gasteiger partial charge in [-0.15, -0.1) is 0 Å². The van der Waals surface area contributed by atoms with Crippen molar-refractivity contribution in [3.05, 3.63) is 39.4 Å². The molecule has 1 heterocycles. The normalized spacial score (nSPS) is 14.0. The molecule has 1 aromatic carbocycles. The van der Waals surface area contributed by atoms with Crippen LogP contribution in [-0.2, 0) is 0 Å². The van der Waals surface area contributed by atoms with Gasteiger partial charge in [0.15, 0.2) is 0 Å². The van der Waals surface area contributed by atoms with E-state index < -0.39 is 16.7 Å². The third-order valence-corrected chi connectivity index (χ3v) is 4.43. The number of nitrogens with one attached hydrogen (secondary N) is 2. The van der Waals surface area contributed by atoms with E-state index in [4.69, 9.17) is 0 Å². The van der Waals surface area contributed by atoms with Crippen molar-refractivity contribution in [2.75, 3.05) is 13.1 Å². The van der Waals surface area contributed by atoms with Gasteiger partial charge in [0.25, 0.3) is 17.5 Å². The van der Waals surface area contributed by atoms with Crippen LogP contribution in [0.25, 0.3) is 0 Å². The molecule has 158 valence electrons. The number of carbonyl (C=O) groups is 3. The Morgan fingerprint density at radius 3 is 2.31 bits per heavy atom. The van der Waals surface area contributed by atoms with Crippen molar-refractivity contribution in [3.8, 4) is 0 Å².